The van der Waals surface area contributed by atoms with Crippen molar-refractivity contribution in [3.8, 4) is 50.3 Å². The van der Waals surface area contributed by atoms with E-state index >= 15 is 0 Å². The molecular formula is C47H30N2O. The quantitative estimate of drug-likeness (QED) is 0.188. The lowest BCUT2D eigenvalue weighted by atomic mass is 9.93. The van der Waals surface area contributed by atoms with Gasteiger partial charge in [0.2, 0.25) is 0 Å². The van der Waals surface area contributed by atoms with Crippen molar-refractivity contribution in [2.45, 2.75) is 0 Å². The first kappa shape index (κ1) is 28.3. The summed E-state index contributed by atoms with van der Waals surface area (Å²) >= 11 is 0. The minimum atomic E-state index is 0.903. The Morgan fingerprint density at radius 3 is 1.74 bits per heavy atom. The lowest BCUT2D eigenvalue weighted by Crippen LogP contribution is -1.93. The molecule has 3 aromatic heterocycles. The van der Waals surface area contributed by atoms with E-state index in [4.69, 9.17) is 9.40 Å². The third-order valence-electron chi connectivity index (χ3n) is 9.82. The molecule has 0 atom stereocenters. The zero-order valence-electron chi connectivity index (χ0n) is 27.1. The number of pyridine rings is 1. The number of benzene rings is 7. The Kier molecular flexibility index (Phi) is 6.49. The van der Waals surface area contributed by atoms with Crippen molar-refractivity contribution in [1.82, 2.24) is 9.55 Å². The summed E-state index contributed by atoms with van der Waals surface area (Å²) in [7, 11) is 0. The normalized spacial score (nSPS) is 11.6. The Morgan fingerprint density at radius 2 is 1.02 bits per heavy atom. The van der Waals surface area contributed by atoms with Gasteiger partial charge in [0.15, 0.2) is 0 Å². The molecule has 0 saturated heterocycles. The van der Waals surface area contributed by atoms with Gasteiger partial charge in [-0.15, -0.1) is 0 Å². The SMILES string of the molecule is c1ccc(-c2cc(-c3ccccc3)cc(-c3ccnc(-c4ccc5c6c7oc8ccccc8c7ccc6n(-c6ccccc6)c5c4)c3)c2)cc1. The molecule has 3 nitrogen and oxygen atoms in total. The Morgan fingerprint density at radius 1 is 0.400 bits per heavy atom. The molecular weight excluding hydrogens is 609 g/mol. The van der Waals surface area contributed by atoms with E-state index in [1.165, 1.54) is 22.3 Å². The Hall–Kier alpha value is -6.71. The van der Waals surface area contributed by atoms with Crippen molar-refractivity contribution in [3.63, 3.8) is 0 Å². The predicted molar refractivity (Wildman–Crippen MR) is 208 cm³/mol. The molecule has 10 aromatic rings. The van der Waals surface area contributed by atoms with Gasteiger partial charge in [0.25, 0.3) is 0 Å². The lowest BCUT2D eigenvalue weighted by Gasteiger charge is -2.12. The van der Waals surface area contributed by atoms with Crippen LogP contribution in [-0.4, -0.2) is 9.55 Å². The van der Waals surface area contributed by atoms with Crippen LogP contribution in [0.1, 0.15) is 0 Å². The van der Waals surface area contributed by atoms with Crippen LogP contribution < -0.4 is 0 Å². The number of hydrogen-bond acceptors (Lipinski definition) is 2. The van der Waals surface area contributed by atoms with Crippen LogP contribution >= 0.6 is 0 Å². The van der Waals surface area contributed by atoms with E-state index in [1.807, 2.05) is 18.3 Å². The molecule has 50 heavy (non-hydrogen) atoms. The maximum atomic E-state index is 6.56. The van der Waals surface area contributed by atoms with Crippen LogP contribution in [0.25, 0.3) is 94.1 Å². The highest BCUT2D eigenvalue weighted by molar-refractivity contribution is 6.24. The molecule has 0 N–H and O–H groups in total. The first-order valence-corrected chi connectivity index (χ1v) is 17.0. The van der Waals surface area contributed by atoms with Gasteiger partial charge in [-0.3, -0.25) is 4.98 Å². The molecule has 0 bridgehead atoms. The molecule has 0 unspecified atom stereocenters. The summed E-state index contributed by atoms with van der Waals surface area (Å²) in [6, 6.07) is 62.4. The van der Waals surface area contributed by atoms with Gasteiger partial charge in [0.05, 0.1) is 22.1 Å². The largest absolute Gasteiger partial charge is 0.455 e. The van der Waals surface area contributed by atoms with Crippen molar-refractivity contribution < 1.29 is 4.42 Å². The van der Waals surface area contributed by atoms with Crippen LogP contribution in [0.4, 0.5) is 0 Å². The Bertz CT molecular complexity index is 2790. The molecule has 0 spiro atoms. The third-order valence-corrected chi connectivity index (χ3v) is 9.82. The van der Waals surface area contributed by atoms with Gasteiger partial charge in [0.1, 0.15) is 11.2 Å². The standard InChI is InChI=1S/C47H30N2O/c1-4-12-31(13-5-1)35-26-36(32-14-6-2-7-15-32)28-37(27-35)33-24-25-48-42(29-33)34-20-21-41-44(30-34)49(38-16-8-3-9-17-38)43-23-22-40-39-18-10-11-19-45(39)50-47(40)46(41)43/h1-30H. The summed E-state index contributed by atoms with van der Waals surface area (Å²) in [5.74, 6) is 0. The molecule has 10 rings (SSSR count). The number of para-hydroxylation sites is 2. The van der Waals surface area contributed by atoms with E-state index in [1.54, 1.807) is 0 Å². The fourth-order valence-electron chi connectivity index (χ4n) is 7.45. The van der Waals surface area contributed by atoms with Crippen molar-refractivity contribution >= 4 is 43.7 Å². The van der Waals surface area contributed by atoms with Crippen LogP contribution in [-0.2, 0) is 0 Å². The highest BCUT2D eigenvalue weighted by atomic mass is 16.3. The van der Waals surface area contributed by atoms with Crippen molar-refractivity contribution in [2.75, 3.05) is 0 Å². The van der Waals surface area contributed by atoms with Crippen molar-refractivity contribution in [1.29, 1.82) is 0 Å². The second-order valence-corrected chi connectivity index (χ2v) is 12.8. The van der Waals surface area contributed by atoms with E-state index < -0.39 is 0 Å². The van der Waals surface area contributed by atoms with Crippen LogP contribution in [0.3, 0.4) is 0 Å². The zero-order chi connectivity index (χ0) is 33.0. The van der Waals surface area contributed by atoms with Crippen molar-refractivity contribution in [3.05, 3.63) is 182 Å². The minimum Gasteiger partial charge on any atom is -0.455 e. The van der Waals surface area contributed by atoms with Crippen LogP contribution in [0, 0.1) is 0 Å². The third kappa shape index (κ3) is 4.63. The van der Waals surface area contributed by atoms with E-state index in [0.29, 0.717) is 0 Å². The molecule has 0 radical (unpaired) electrons. The van der Waals surface area contributed by atoms with Gasteiger partial charge in [-0.1, -0.05) is 109 Å². The Labute approximate surface area is 289 Å². The number of hydrogen-bond donors (Lipinski definition) is 0. The second-order valence-electron chi connectivity index (χ2n) is 12.8. The highest BCUT2D eigenvalue weighted by Crippen LogP contribution is 2.42. The molecule has 0 aliphatic heterocycles. The number of fused-ring (bicyclic) bond motifs is 7. The first-order valence-electron chi connectivity index (χ1n) is 17.0. The molecule has 7 aromatic carbocycles. The van der Waals surface area contributed by atoms with Gasteiger partial charge in [-0.25, -0.2) is 0 Å². The molecule has 0 aliphatic carbocycles. The second kappa shape index (κ2) is 11.5. The zero-order valence-corrected chi connectivity index (χ0v) is 27.1. The monoisotopic (exact) mass is 638 g/mol. The molecule has 0 amide bonds. The number of aromatic nitrogens is 2. The number of rotatable bonds is 5. The average Bonchev–Trinajstić information content (AvgIpc) is 3.74. The fourth-order valence-corrected chi connectivity index (χ4v) is 7.45. The molecule has 3 heteroatoms. The van der Waals surface area contributed by atoms with E-state index in [-0.39, 0.29) is 0 Å². The molecule has 234 valence electrons. The van der Waals surface area contributed by atoms with Gasteiger partial charge < -0.3 is 8.98 Å². The maximum absolute atomic E-state index is 6.56. The molecule has 0 saturated carbocycles. The van der Waals surface area contributed by atoms with Crippen molar-refractivity contribution in [2.24, 2.45) is 0 Å². The summed E-state index contributed by atoms with van der Waals surface area (Å²) in [4.78, 5) is 4.91. The van der Waals surface area contributed by atoms with E-state index in [0.717, 1.165) is 71.8 Å². The lowest BCUT2D eigenvalue weighted by molar-refractivity contribution is 0.673. The summed E-state index contributed by atoms with van der Waals surface area (Å²) in [6.07, 6.45) is 1.93. The summed E-state index contributed by atoms with van der Waals surface area (Å²) in [6.45, 7) is 0. The predicted octanol–water partition coefficient (Wildman–Crippen LogP) is 12.7. The smallest absolute Gasteiger partial charge is 0.145 e. The maximum Gasteiger partial charge on any atom is 0.145 e. The number of furan rings is 1. The molecule has 0 fully saturated rings. The topological polar surface area (TPSA) is 31.0 Å². The molecule has 3 heterocycles. The van der Waals surface area contributed by atoms with Gasteiger partial charge >= 0.3 is 0 Å². The number of nitrogens with zero attached hydrogens (tertiary/aromatic N) is 2. The fraction of sp³-hybridized carbons (Fsp3) is 0. The summed E-state index contributed by atoms with van der Waals surface area (Å²) < 4.78 is 8.91. The minimum absolute atomic E-state index is 0.903. The van der Waals surface area contributed by atoms with Crippen LogP contribution in [0.15, 0.2) is 187 Å². The van der Waals surface area contributed by atoms with Gasteiger partial charge in [-0.05, 0) is 100 Å². The van der Waals surface area contributed by atoms with E-state index in [9.17, 15) is 0 Å². The van der Waals surface area contributed by atoms with Gasteiger partial charge in [-0.2, -0.15) is 0 Å². The average molecular weight is 639 g/mol. The summed E-state index contributed by atoms with van der Waals surface area (Å²) in [5, 5.41) is 4.54. The van der Waals surface area contributed by atoms with Crippen LogP contribution in [0.5, 0.6) is 0 Å². The highest BCUT2D eigenvalue weighted by Gasteiger charge is 2.19. The Balaban J connectivity index is 1.16. The summed E-state index contributed by atoms with van der Waals surface area (Å²) in [5.41, 5.74) is 14.2. The van der Waals surface area contributed by atoms with Crippen LogP contribution in [0.2, 0.25) is 0 Å². The first-order chi connectivity index (χ1) is 24.8. The van der Waals surface area contributed by atoms with Gasteiger partial charge in [0, 0.05) is 33.6 Å². The molecule has 0 aliphatic rings. The van der Waals surface area contributed by atoms with E-state index in [2.05, 4.69) is 168 Å².